The molecule has 2 aromatic carbocycles. The van der Waals surface area contributed by atoms with Crippen LogP contribution in [0, 0.1) is 0 Å². The summed E-state index contributed by atoms with van der Waals surface area (Å²) in [5.41, 5.74) is 5.52. The minimum absolute atomic E-state index is 0.0379. The largest absolute Gasteiger partial charge is 0.495 e. The van der Waals surface area contributed by atoms with E-state index in [2.05, 4.69) is 0 Å². The number of nitrogens with one attached hydrogen (secondary N) is 1. The molecule has 1 atom stereocenters. The molecule has 0 saturated heterocycles. The number of primary amides is 1. The summed E-state index contributed by atoms with van der Waals surface area (Å²) in [7, 11) is -1.33. The number of ether oxygens (including phenoxy) is 2. The number of nitrogens with zero attached hydrogens (tertiary/aromatic N) is 1. The number of carbonyl (C=O) groups is 3. The van der Waals surface area contributed by atoms with Gasteiger partial charge >= 0.3 is 12.0 Å². The lowest BCUT2D eigenvalue weighted by atomic mass is 10.2. The molecule has 3 N–H and O–H groups in total. The van der Waals surface area contributed by atoms with E-state index in [0.29, 0.717) is 0 Å². The first-order valence-electron chi connectivity index (χ1n) is 9.06. The molecule has 0 spiro atoms. The van der Waals surface area contributed by atoms with Gasteiger partial charge in [0.05, 0.1) is 12.7 Å². The van der Waals surface area contributed by atoms with Gasteiger partial charge in [-0.05, 0) is 30.7 Å². The SMILES string of the molecule is COc1ccc(C(=O)OC(C)C(=O)NC(N)=O)cc1S(=O)(=O)N(C)Cc1ccccc1. The zero-order valence-corrected chi connectivity index (χ0v) is 18.0. The van der Waals surface area contributed by atoms with Gasteiger partial charge in [0.1, 0.15) is 10.6 Å². The van der Waals surface area contributed by atoms with E-state index in [9.17, 15) is 22.8 Å². The molecule has 2 rings (SSSR count). The number of nitrogens with two attached hydrogens (primary N) is 1. The van der Waals surface area contributed by atoms with Gasteiger partial charge in [-0.2, -0.15) is 4.31 Å². The maximum atomic E-state index is 13.1. The van der Waals surface area contributed by atoms with Crippen molar-refractivity contribution in [3.05, 3.63) is 59.7 Å². The van der Waals surface area contributed by atoms with Gasteiger partial charge in [0, 0.05) is 13.6 Å². The molecule has 0 radical (unpaired) electrons. The molecule has 0 aliphatic rings. The summed E-state index contributed by atoms with van der Waals surface area (Å²) in [5.74, 6) is -1.84. The Kier molecular flexibility index (Phi) is 7.72. The van der Waals surface area contributed by atoms with Crippen molar-refractivity contribution in [1.29, 1.82) is 0 Å². The van der Waals surface area contributed by atoms with Crippen LogP contribution in [0.3, 0.4) is 0 Å². The molecule has 2 aromatic rings. The number of urea groups is 1. The van der Waals surface area contributed by atoms with Crippen LogP contribution in [-0.4, -0.2) is 50.9 Å². The van der Waals surface area contributed by atoms with Gasteiger partial charge in [0.25, 0.3) is 5.91 Å². The Labute approximate surface area is 180 Å². The van der Waals surface area contributed by atoms with Crippen LogP contribution in [0.2, 0.25) is 0 Å². The summed E-state index contributed by atoms with van der Waals surface area (Å²) >= 11 is 0. The Morgan fingerprint density at radius 3 is 2.35 bits per heavy atom. The number of amides is 3. The van der Waals surface area contributed by atoms with E-state index < -0.39 is 34.0 Å². The second-order valence-electron chi connectivity index (χ2n) is 6.51. The lowest BCUT2D eigenvalue weighted by Crippen LogP contribution is -2.42. The second kappa shape index (κ2) is 10.0. The molecule has 166 valence electrons. The number of carbonyl (C=O) groups excluding carboxylic acids is 3. The normalized spacial score (nSPS) is 12.1. The van der Waals surface area contributed by atoms with Gasteiger partial charge in [-0.3, -0.25) is 10.1 Å². The Balaban J connectivity index is 2.29. The predicted molar refractivity (Wildman–Crippen MR) is 111 cm³/mol. The number of hydrogen-bond acceptors (Lipinski definition) is 7. The lowest BCUT2D eigenvalue weighted by Gasteiger charge is -2.20. The van der Waals surface area contributed by atoms with E-state index in [1.165, 1.54) is 33.2 Å². The highest BCUT2D eigenvalue weighted by Crippen LogP contribution is 2.28. The molecule has 0 heterocycles. The van der Waals surface area contributed by atoms with Crippen molar-refractivity contribution >= 4 is 27.9 Å². The molecule has 0 fully saturated rings. The number of sulfonamides is 1. The van der Waals surface area contributed by atoms with Crippen molar-refractivity contribution in [1.82, 2.24) is 9.62 Å². The van der Waals surface area contributed by atoms with Gasteiger partial charge < -0.3 is 15.2 Å². The standard InChI is InChI=1S/C20H23N3O7S/c1-13(18(24)22-20(21)26)30-19(25)15-9-10-16(29-3)17(11-15)31(27,28)23(2)12-14-7-5-4-6-8-14/h4-11,13H,12H2,1-3H3,(H3,21,22,24,26). The average molecular weight is 449 g/mol. The number of rotatable bonds is 8. The third-order valence-electron chi connectivity index (χ3n) is 4.24. The van der Waals surface area contributed by atoms with Crippen molar-refractivity contribution < 1.29 is 32.3 Å². The predicted octanol–water partition coefficient (Wildman–Crippen LogP) is 1.26. The van der Waals surface area contributed by atoms with E-state index >= 15 is 0 Å². The van der Waals surface area contributed by atoms with Gasteiger partial charge in [-0.15, -0.1) is 0 Å². The molecular weight excluding hydrogens is 426 g/mol. The van der Waals surface area contributed by atoms with Crippen molar-refractivity contribution in [2.45, 2.75) is 24.5 Å². The van der Waals surface area contributed by atoms with Gasteiger partial charge in [-0.25, -0.2) is 18.0 Å². The highest BCUT2D eigenvalue weighted by molar-refractivity contribution is 7.89. The van der Waals surface area contributed by atoms with E-state index in [4.69, 9.17) is 15.2 Å². The number of benzene rings is 2. The van der Waals surface area contributed by atoms with E-state index in [1.54, 1.807) is 29.6 Å². The van der Waals surface area contributed by atoms with Crippen LogP contribution in [0.25, 0.3) is 0 Å². The van der Waals surface area contributed by atoms with Crippen molar-refractivity contribution in [3.8, 4) is 5.75 Å². The van der Waals surface area contributed by atoms with Crippen molar-refractivity contribution in [2.75, 3.05) is 14.2 Å². The summed E-state index contributed by atoms with van der Waals surface area (Å²) in [6, 6.07) is 11.6. The number of methoxy groups -OCH3 is 1. The average Bonchev–Trinajstić information content (AvgIpc) is 2.73. The second-order valence-corrected chi connectivity index (χ2v) is 8.53. The topological polar surface area (TPSA) is 145 Å². The van der Waals surface area contributed by atoms with Crippen LogP contribution in [0.1, 0.15) is 22.8 Å². The quantitative estimate of drug-likeness (QED) is 0.577. The molecule has 0 aliphatic carbocycles. The number of hydrogen-bond donors (Lipinski definition) is 2. The van der Waals surface area contributed by atoms with Crippen LogP contribution in [-0.2, 0) is 26.1 Å². The van der Waals surface area contributed by atoms with Crippen molar-refractivity contribution in [3.63, 3.8) is 0 Å². The minimum atomic E-state index is -4.04. The summed E-state index contributed by atoms with van der Waals surface area (Å²) in [4.78, 5) is 34.6. The van der Waals surface area contributed by atoms with Crippen LogP contribution in [0.15, 0.2) is 53.4 Å². The van der Waals surface area contributed by atoms with Gasteiger partial charge in [0.2, 0.25) is 10.0 Å². The minimum Gasteiger partial charge on any atom is -0.495 e. The first-order valence-corrected chi connectivity index (χ1v) is 10.5. The zero-order chi connectivity index (χ0) is 23.2. The Bertz CT molecular complexity index is 1070. The fourth-order valence-corrected chi connectivity index (χ4v) is 3.94. The first-order chi connectivity index (χ1) is 14.6. The monoisotopic (exact) mass is 449 g/mol. The van der Waals surface area contributed by atoms with Gasteiger partial charge in [-0.1, -0.05) is 30.3 Å². The van der Waals surface area contributed by atoms with Gasteiger partial charge in [0.15, 0.2) is 6.10 Å². The number of imide groups is 1. The zero-order valence-electron chi connectivity index (χ0n) is 17.2. The van der Waals surface area contributed by atoms with Crippen LogP contribution in [0.5, 0.6) is 5.75 Å². The number of esters is 1. The Morgan fingerprint density at radius 2 is 1.77 bits per heavy atom. The van der Waals surface area contributed by atoms with E-state index in [1.807, 2.05) is 6.07 Å². The summed E-state index contributed by atoms with van der Waals surface area (Å²) in [6.45, 7) is 1.34. The van der Waals surface area contributed by atoms with Crippen LogP contribution in [0.4, 0.5) is 4.79 Å². The molecule has 10 nitrogen and oxygen atoms in total. The molecule has 0 aliphatic heterocycles. The Morgan fingerprint density at radius 1 is 1.13 bits per heavy atom. The van der Waals surface area contributed by atoms with E-state index in [-0.39, 0.29) is 22.8 Å². The summed E-state index contributed by atoms with van der Waals surface area (Å²) in [6.07, 6.45) is -1.33. The first kappa shape index (κ1) is 23.8. The fraction of sp³-hybridized carbons (Fsp3) is 0.250. The van der Waals surface area contributed by atoms with Crippen LogP contribution < -0.4 is 15.8 Å². The van der Waals surface area contributed by atoms with E-state index in [0.717, 1.165) is 15.9 Å². The molecular formula is C20H23N3O7S. The molecule has 0 aromatic heterocycles. The maximum absolute atomic E-state index is 13.1. The molecule has 31 heavy (non-hydrogen) atoms. The highest BCUT2D eigenvalue weighted by atomic mass is 32.2. The third kappa shape index (κ3) is 6.03. The summed E-state index contributed by atoms with van der Waals surface area (Å²) in [5, 5.41) is 1.79. The van der Waals surface area contributed by atoms with Crippen LogP contribution >= 0.6 is 0 Å². The highest BCUT2D eigenvalue weighted by Gasteiger charge is 2.27. The molecule has 3 amide bonds. The lowest BCUT2D eigenvalue weighted by molar-refractivity contribution is -0.127. The fourth-order valence-electron chi connectivity index (χ4n) is 2.60. The Hall–Kier alpha value is -3.44. The maximum Gasteiger partial charge on any atom is 0.338 e. The molecule has 0 bridgehead atoms. The summed E-state index contributed by atoms with van der Waals surface area (Å²) < 4.78 is 37.5. The smallest absolute Gasteiger partial charge is 0.338 e. The molecule has 11 heteroatoms. The third-order valence-corrected chi connectivity index (χ3v) is 6.06. The van der Waals surface area contributed by atoms with Crippen molar-refractivity contribution in [2.24, 2.45) is 5.73 Å². The molecule has 0 saturated carbocycles. The molecule has 1 unspecified atom stereocenters.